The lowest BCUT2D eigenvalue weighted by molar-refractivity contribution is -0.139. The Morgan fingerprint density at radius 2 is 1.65 bits per heavy atom. The van der Waals surface area contributed by atoms with E-state index in [1.165, 1.54) is 11.9 Å². The third-order valence-corrected chi connectivity index (χ3v) is 6.07. The van der Waals surface area contributed by atoms with Crippen LogP contribution in [0.4, 0.5) is 5.69 Å². The number of nitrogens with one attached hydrogen (secondary N) is 1. The molecule has 0 aromatic heterocycles. The van der Waals surface area contributed by atoms with E-state index in [1.807, 2.05) is 6.92 Å². The number of sulfonamides is 1. The molecular weight excluding hydrogens is 418 g/mol. The molecule has 0 saturated heterocycles. The first-order valence-electron chi connectivity index (χ1n) is 9.75. The summed E-state index contributed by atoms with van der Waals surface area (Å²) in [5, 5.41) is 2.54. The van der Waals surface area contributed by atoms with Crippen LogP contribution in [0.5, 0.6) is 5.75 Å². The Morgan fingerprint density at radius 1 is 1.06 bits per heavy atom. The number of anilines is 1. The fourth-order valence-corrected chi connectivity index (χ4v) is 3.89. The molecule has 31 heavy (non-hydrogen) atoms. The van der Waals surface area contributed by atoms with Crippen molar-refractivity contribution in [1.29, 1.82) is 0 Å². The highest BCUT2D eigenvalue weighted by molar-refractivity contribution is 7.92. The molecule has 0 radical (unpaired) electrons. The zero-order valence-electron chi connectivity index (χ0n) is 18.5. The summed E-state index contributed by atoms with van der Waals surface area (Å²) in [5.74, 6) is -0.162. The van der Waals surface area contributed by atoms with Gasteiger partial charge in [0.1, 0.15) is 18.3 Å². The van der Waals surface area contributed by atoms with Crippen molar-refractivity contribution in [3.05, 3.63) is 59.7 Å². The van der Waals surface area contributed by atoms with Gasteiger partial charge in [0.15, 0.2) is 0 Å². The number of likely N-dealkylation sites (N-methyl/N-ethyl adjacent to an activating group) is 1. The molecule has 0 aliphatic heterocycles. The average Bonchev–Trinajstić information content (AvgIpc) is 2.75. The summed E-state index contributed by atoms with van der Waals surface area (Å²) in [7, 11) is -0.675. The molecule has 8 nitrogen and oxygen atoms in total. The standard InChI is InChI=1S/C22H29N3O5S/c1-16-6-10-19(11-7-16)25(31(5,28)29)15-21(26)24(17(2)22(27)23-3)14-18-8-12-20(30-4)13-9-18/h6-13,17H,14-15H2,1-5H3,(H,23,27)/t17-/m1/s1. The molecule has 9 heteroatoms. The van der Waals surface area contributed by atoms with Crippen LogP contribution in [0.1, 0.15) is 18.1 Å². The number of methoxy groups -OCH3 is 1. The summed E-state index contributed by atoms with van der Waals surface area (Å²) in [6, 6.07) is 13.2. The van der Waals surface area contributed by atoms with Gasteiger partial charge in [0, 0.05) is 13.6 Å². The molecule has 0 bridgehead atoms. The molecule has 1 N–H and O–H groups in total. The molecule has 0 fully saturated rings. The van der Waals surface area contributed by atoms with E-state index < -0.39 is 28.5 Å². The summed E-state index contributed by atoms with van der Waals surface area (Å²) in [6.07, 6.45) is 1.05. The number of rotatable bonds is 9. The highest BCUT2D eigenvalue weighted by Crippen LogP contribution is 2.20. The van der Waals surface area contributed by atoms with Gasteiger partial charge in [-0.25, -0.2) is 8.42 Å². The molecule has 0 spiro atoms. The van der Waals surface area contributed by atoms with E-state index in [0.717, 1.165) is 21.7 Å². The lowest BCUT2D eigenvalue weighted by Crippen LogP contribution is -2.50. The number of hydrogen-bond acceptors (Lipinski definition) is 5. The molecule has 168 valence electrons. The van der Waals surface area contributed by atoms with Crippen LogP contribution >= 0.6 is 0 Å². The second-order valence-electron chi connectivity index (χ2n) is 7.27. The van der Waals surface area contributed by atoms with Gasteiger partial charge in [-0.2, -0.15) is 0 Å². The van der Waals surface area contributed by atoms with E-state index in [-0.39, 0.29) is 12.5 Å². The number of hydrogen-bond donors (Lipinski definition) is 1. The van der Waals surface area contributed by atoms with Crippen LogP contribution in [0.15, 0.2) is 48.5 Å². The Balaban J connectivity index is 2.34. The molecule has 0 heterocycles. The van der Waals surface area contributed by atoms with Gasteiger partial charge < -0.3 is 15.0 Å². The smallest absolute Gasteiger partial charge is 0.244 e. The van der Waals surface area contributed by atoms with Crippen molar-refractivity contribution in [2.45, 2.75) is 26.4 Å². The molecular formula is C22H29N3O5S. The third-order valence-electron chi connectivity index (χ3n) is 4.93. The molecule has 0 aliphatic rings. The van der Waals surface area contributed by atoms with Gasteiger partial charge in [-0.3, -0.25) is 13.9 Å². The summed E-state index contributed by atoms with van der Waals surface area (Å²) in [5.41, 5.74) is 2.14. The van der Waals surface area contributed by atoms with Crippen molar-refractivity contribution in [2.24, 2.45) is 0 Å². The van der Waals surface area contributed by atoms with E-state index in [9.17, 15) is 18.0 Å². The first-order valence-corrected chi connectivity index (χ1v) is 11.6. The molecule has 2 amide bonds. The quantitative estimate of drug-likeness (QED) is 0.634. The van der Waals surface area contributed by atoms with Crippen molar-refractivity contribution in [1.82, 2.24) is 10.2 Å². The van der Waals surface area contributed by atoms with Gasteiger partial charge in [-0.1, -0.05) is 29.8 Å². The molecule has 0 saturated carbocycles. The predicted octanol–water partition coefficient (Wildman–Crippen LogP) is 1.93. The van der Waals surface area contributed by atoms with Crippen LogP contribution in [0, 0.1) is 6.92 Å². The number of nitrogens with zero attached hydrogens (tertiary/aromatic N) is 2. The zero-order valence-corrected chi connectivity index (χ0v) is 19.3. The number of amides is 2. The summed E-state index contributed by atoms with van der Waals surface area (Å²) >= 11 is 0. The van der Waals surface area contributed by atoms with E-state index in [2.05, 4.69) is 5.32 Å². The Kier molecular flexibility index (Phi) is 8.04. The van der Waals surface area contributed by atoms with Crippen LogP contribution in [-0.2, 0) is 26.2 Å². The average molecular weight is 448 g/mol. The van der Waals surface area contributed by atoms with Crippen LogP contribution in [-0.4, -0.2) is 58.1 Å². The molecule has 1 atom stereocenters. The van der Waals surface area contributed by atoms with Gasteiger partial charge in [-0.15, -0.1) is 0 Å². The summed E-state index contributed by atoms with van der Waals surface area (Å²) < 4.78 is 31.1. The molecule has 2 aromatic carbocycles. The Hall–Kier alpha value is -3.07. The van der Waals surface area contributed by atoms with Crippen molar-refractivity contribution in [3.8, 4) is 5.75 Å². The highest BCUT2D eigenvalue weighted by atomic mass is 32.2. The fourth-order valence-electron chi connectivity index (χ4n) is 3.04. The zero-order chi connectivity index (χ0) is 23.2. The Bertz CT molecular complexity index is 1000. The number of benzene rings is 2. The maximum absolute atomic E-state index is 13.2. The van der Waals surface area contributed by atoms with E-state index in [1.54, 1.807) is 62.6 Å². The van der Waals surface area contributed by atoms with Crippen LogP contribution < -0.4 is 14.4 Å². The molecule has 0 unspecified atom stereocenters. The van der Waals surface area contributed by atoms with E-state index in [0.29, 0.717) is 11.4 Å². The van der Waals surface area contributed by atoms with Gasteiger partial charge in [0.2, 0.25) is 21.8 Å². The second-order valence-corrected chi connectivity index (χ2v) is 9.17. The maximum atomic E-state index is 13.2. The summed E-state index contributed by atoms with van der Waals surface area (Å²) in [4.78, 5) is 26.9. The minimum atomic E-state index is -3.72. The fraction of sp³-hybridized carbons (Fsp3) is 0.364. The first kappa shape index (κ1) is 24.2. The summed E-state index contributed by atoms with van der Waals surface area (Å²) in [6.45, 7) is 3.22. The third kappa shape index (κ3) is 6.45. The minimum Gasteiger partial charge on any atom is -0.497 e. The van der Waals surface area contributed by atoms with Crippen LogP contribution in [0.3, 0.4) is 0 Å². The molecule has 0 aliphatic carbocycles. The van der Waals surface area contributed by atoms with Crippen molar-refractivity contribution in [2.75, 3.05) is 31.3 Å². The first-order chi connectivity index (χ1) is 14.6. The normalized spacial score (nSPS) is 12.0. The second kappa shape index (κ2) is 10.3. The van der Waals surface area contributed by atoms with Crippen LogP contribution in [0.25, 0.3) is 0 Å². The van der Waals surface area contributed by atoms with E-state index >= 15 is 0 Å². The topological polar surface area (TPSA) is 96.0 Å². The molecule has 2 aromatic rings. The largest absolute Gasteiger partial charge is 0.497 e. The highest BCUT2D eigenvalue weighted by Gasteiger charge is 2.29. The van der Waals surface area contributed by atoms with E-state index in [4.69, 9.17) is 4.74 Å². The van der Waals surface area contributed by atoms with Gasteiger partial charge in [0.25, 0.3) is 0 Å². The lowest BCUT2D eigenvalue weighted by atomic mass is 10.1. The number of carbonyl (C=O) groups excluding carboxylic acids is 2. The van der Waals surface area contributed by atoms with Crippen molar-refractivity contribution < 1.29 is 22.7 Å². The van der Waals surface area contributed by atoms with Crippen molar-refractivity contribution in [3.63, 3.8) is 0 Å². The number of ether oxygens (including phenoxy) is 1. The van der Waals surface area contributed by atoms with Gasteiger partial charge >= 0.3 is 0 Å². The van der Waals surface area contributed by atoms with Gasteiger partial charge in [-0.05, 0) is 43.7 Å². The lowest BCUT2D eigenvalue weighted by Gasteiger charge is -2.31. The Morgan fingerprint density at radius 3 is 2.13 bits per heavy atom. The van der Waals surface area contributed by atoms with Crippen molar-refractivity contribution >= 4 is 27.5 Å². The monoisotopic (exact) mass is 447 g/mol. The van der Waals surface area contributed by atoms with Gasteiger partial charge in [0.05, 0.1) is 19.1 Å². The number of carbonyl (C=O) groups is 2. The number of aryl methyl sites for hydroxylation is 1. The minimum absolute atomic E-state index is 0.142. The maximum Gasteiger partial charge on any atom is 0.244 e. The van der Waals surface area contributed by atoms with Crippen LogP contribution in [0.2, 0.25) is 0 Å². The predicted molar refractivity (Wildman–Crippen MR) is 120 cm³/mol. The molecule has 2 rings (SSSR count). The SMILES string of the molecule is CNC(=O)[C@@H](C)N(Cc1ccc(OC)cc1)C(=O)CN(c1ccc(C)cc1)S(C)(=O)=O. The Labute approximate surface area is 183 Å².